The summed E-state index contributed by atoms with van der Waals surface area (Å²) in [6.07, 6.45) is 0. The summed E-state index contributed by atoms with van der Waals surface area (Å²) < 4.78 is 31.0. The zero-order valence-corrected chi connectivity index (χ0v) is 13.8. The Balaban J connectivity index is 3.14. The van der Waals surface area contributed by atoms with E-state index in [1.54, 1.807) is 32.9 Å². The summed E-state index contributed by atoms with van der Waals surface area (Å²) in [6, 6.07) is 3.31. The predicted octanol–water partition coefficient (Wildman–Crippen LogP) is 1.32. The number of hydrogen-bond donors (Lipinski definition) is 1. The highest BCUT2D eigenvalue weighted by atomic mass is 32.2. The van der Waals surface area contributed by atoms with Gasteiger partial charge < -0.3 is 10.5 Å². The van der Waals surface area contributed by atoms with Crippen molar-refractivity contribution < 1.29 is 17.9 Å². The van der Waals surface area contributed by atoms with Crippen molar-refractivity contribution in [2.24, 2.45) is 5.92 Å². The van der Waals surface area contributed by atoms with Crippen LogP contribution in [0.1, 0.15) is 18.1 Å². The molecule has 0 amide bonds. The highest BCUT2D eigenvalue weighted by molar-refractivity contribution is 7.89. The van der Waals surface area contributed by atoms with Crippen LogP contribution in [0, 0.1) is 19.8 Å². The molecule has 0 aliphatic carbocycles. The van der Waals surface area contributed by atoms with Gasteiger partial charge >= 0.3 is 5.97 Å². The number of carbonyl (C=O) groups excluding carboxylic acids is 1. The standard InChI is InChI=1S/C14H22N2O4S/c1-9-6-12(15)11(3)13(7-9)21(18,19)16(4)8-10(2)14(17)20-5/h6-7,10H,8,15H2,1-5H3. The minimum Gasteiger partial charge on any atom is -0.469 e. The van der Waals surface area contributed by atoms with Crippen LogP contribution in [0.4, 0.5) is 5.69 Å². The molecule has 0 heterocycles. The smallest absolute Gasteiger partial charge is 0.309 e. The number of nitrogen functional groups attached to an aromatic ring is 1. The number of hydrogen-bond acceptors (Lipinski definition) is 5. The lowest BCUT2D eigenvalue weighted by atomic mass is 10.1. The molecular formula is C14H22N2O4S. The van der Waals surface area contributed by atoms with Crippen LogP contribution in [-0.4, -0.2) is 39.4 Å². The van der Waals surface area contributed by atoms with Gasteiger partial charge in [-0.15, -0.1) is 0 Å². The maximum Gasteiger partial charge on any atom is 0.309 e. The van der Waals surface area contributed by atoms with Crippen LogP contribution in [0.2, 0.25) is 0 Å². The van der Waals surface area contributed by atoms with Crippen LogP contribution in [-0.2, 0) is 19.6 Å². The number of benzene rings is 1. The molecule has 1 aromatic carbocycles. The number of sulfonamides is 1. The number of carbonyl (C=O) groups is 1. The van der Waals surface area contributed by atoms with Gasteiger partial charge in [0.15, 0.2) is 0 Å². The molecule has 0 radical (unpaired) electrons. The molecule has 0 aliphatic heterocycles. The Hall–Kier alpha value is -1.60. The third kappa shape index (κ3) is 3.74. The molecule has 1 aromatic rings. The molecule has 118 valence electrons. The first-order valence-electron chi connectivity index (χ1n) is 6.52. The molecule has 0 aromatic heterocycles. The summed E-state index contributed by atoms with van der Waals surface area (Å²) in [4.78, 5) is 11.6. The van der Waals surface area contributed by atoms with Gasteiger partial charge in [0.2, 0.25) is 10.0 Å². The van der Waals surface area contributed by atoms with Crippen molar-refractivity contribution in [2.75, 3.05) is 26.4 Å². The maximum atomic E-state index is 12.6. The minimum atomic E-state index is -3.71. The largest absolute Gasteiger partial charge is 0.469 e. The average Bonchev–Trinajstić information content (AvgIpc) is 2.41. The van der Waals surface area contributed by atoms with E-state index >= 15 is 0 Å². The first-order valence-corrected chi connectivity index (χ1v) is 7.96. The third-order valence-electron chi connectivity index (χ3n) is 3.37. The second-order valence-corrected chi connectivity index (χ2v) is 7.20. The SMILES string of the molecule is COC(=O)C(C)CN(C)S(=O)(=O)c1cc(C)cc(N)c1C. The van der Waals surface area contributed by atoms with Crippen LogP contribution in [0.3, 0.4) is 0 Å². The van der Waals surface area contributed by atoms with E-state index in [4.69, 9.17) is 5.73 Å². The van der Waals surface area contributed by atoms with Gasteiger partial charge in [-0.25, -0.2) is 12.7 Å². The monoisotopic (exact) mass is 314 g/mol. The van der Waals surface area contributed by atoms with Crippen molar-refractivity contribution in [1.82, 2.24) is 4.31 Å². The Bertz CT molecular complexity index is 641. The van der Waals surface area contributed by atoms with Crippen molar-refractivity contribution in [1.29, 1.82) is 0 Å². The first-order chi connectivity index (χ1) is 9.61. The minimum absolute atomic E-state index is 0.0439. The number of aryl methyl sites for hydroxylation is 1. The molecule has 0 spiro atoms. The van der Waals surface area contributed by atoms with Gasteiger partial charge in [-0.05, 0) is 37.1 Å². The van der Waals surface area contributed by atoms with E-state index in [-0.39, 0.29) is 11.4 Å². The fourth-order valence-corrected chi connectivity index (χ4v) is 3.64. The molecule has 1 atom stereocenters. The Labute approximate surface area is 125 Å². The fourth-order valence-electron chi connectivity index (χ4n) is 2.05. The highest BCUT2D eigenvalue weighted by Gasteiger charge is 2.27. The number of methoxy groups -OCH3 is 1. The molecule has 7 heteroatoms. The number of ether oxygens (including phenoxy) is 1. The number of anilines is 1. The van der Waals surface area contributed by atoms with Crippen molar-refractivity contribution in [3.63, 3.8) is 0 Å². The summed E-state index contributed by atoms with van der Waals surface area (Å²) >= 11 is 0. The van der Waals surface area contributed by atoms with E-state index in [1.807, 2.05) is 0 Å². The maximum absolute atomic E-state index is 12.6. The van der Waals surface area contributed by atoms with E-state index in [0.717, 1.165) is 9.87 Å². The fraction of sp³-hybridized carbons (Fsp3) is 0.500. The highest BCUT2D eigenvalue weighted by Crippen LogP contribution is 2.25. The molecule has 0 saturated heterocycles. The lowest BCUT2D eigenvalue weighted by Crippen LogP contribution is -2.34. The van der Waals surface area contributed by atoms with Crippen LogP contribution in [0.5, 0.6) is 0 Å². The molecule has 2 N–H and O–H groups in total. The Morgan fingerprint density at radius 1 is 1.38 bits per heavy atom. The van der Waals surface area contributed by atoms with Crippen LogP contribution in [0.15, 0.2) is 17.0 Å². The van der Waals surface area contributed by atoms with E-state index in [1.165, 1.54) is 14.2 Å². The Morgan fingerprint density at radius 3 is 2.48 bits per heavy atom. The molecule has 6 nitrogen and oxygen atoms in total. The zero-order chi connectivity index (χ0) is 16.4. The molecule has 1 rings (SSSR count). The van der Waals surface area contributed by atoms with Gasteiger partial charge in [-0.1, -0.05) is 6.92 Å². The zero-order valence-electron chi connectivity index (χ0n) is 13.0. The quantitative estimate of drug-likeness (QED) is 0.654. The second-order valence-electron chi connectivity index (χ2n) is 5.19. The molecule has 0 aliphatic rings. The molecule has 21 heavy (non-hydrogen) atoms. The van der Waals surface area contributed by atoms with E-state index in [0.29, 0.717) is 11.3 Å². The van der Waals surface area contributed by atoms with Gasteiger partial charge in [-0.2, -0.15) is 0 Å². The van der Waals surface area contributed by atoms with E-state index in [9.17, 15) is 13.2 Å². The van der Waals surface area contributed by atoms with Crippen LogP contribution >= 0.6 is 0 Å². The average molecular weight is 314 g/mol. The summed E-state index contributed by atoms with van der Waals surface area (Å²) in [5.74, 6) is -0.991. The number of esters is 1. The first kappa shape index (κ1) is 17.5. The summed E-state index contributed by atoms with van der Waals surface area (Å²) in [5.41, 5.74) is 7.55. The summed E-state index contributed by atoms with van der Waals surface area (Å²) in [6.45, 7) is 5.11. The van der Waals surface area contributed by atoms with E-state index in [2.05, 4.69) is 4.74 Å². The summed E-state index contributed by atoms with van der Waals surface area (Å²) in [7, 11) is -0.992. The van der Waals surface area contributed by atoms with E-state index < -0.39 is 21.9 Å². The number of rotatable bonds is 5. The van der Waals surface area contributed by atoms with Crippen molar-refractivity contribution in [3.05, 3.63) is 23.3 Å². The Kier molecular flexibility index (Phi) is 5.36. The van der Waals surface area contributed by atoms with Gasteiger partial charge in [0.25, 0.3) is 0 Å². The summed E-state index contributed by atoms with van der Waals surface area (Å²) in [5, 5.41) is 0. The predicted molar refractivity (Wildman–Crippen MR) is 81.3 cm³/mol. The second kappa shape index (κ2) is 6.44. The van der Waals surface area contributed by atoms with Crippen molar-refractivity contribution in [2.45, 2.75) is 25.7 Å². The Morgan fingerprint density at radius 2 is 1.95 bits per heavy atom. The molecule has 0 saturated carbocycles. The lowest BCUT2D eigenvalue weighted by molar-refractivity contribution is -0.144. The van der Waals surface area contributed by atoms with Crippen molar-refractivity contribution >= 4 is 21.7 Å². The lowest BCUT2D eigenvalue weighted by Gasteiger charge is -2.21. The third-order valence-corrected chi connectivity index (χ3v) is 5.32. The topological polar surface area (TPSA) is 89.7 Å². The molecular weight excluding hydrogens is 292 g/mol. The molecule has 0 bridgehead atoms. The van der Waals surface area contributed by atoms with Crippen LogP contribution < -0.4 is 5.73 Å². The molecule has 1 unspecified atom stereocenters. The van der Waals surface area contributed by atoms with Gasteiger partial charge in [-0.3, -0.25) is 4.79 Å². The number of nitrogens with two attached hydrogens (primary N) is 1. The normalized spacial score (nSPS) is 13.2. The van der Waals surface area contributed by atoms with Gasteiger partial charge in [0.05, 0.1) is 17.9 Å². The van der Waals surface area contributed by atoms with Crippen LogP contribution in [0.25, 0.3) is 0 Å². The van der Waals surface area contributed by atoms with Gasteiger partial charge in [0.1, 0.15) is 0 Å². The van der Waals surface area contributed by atoms with Crippen molar-refractivity contribution in [3.8, 4) is 0 Å². The molecule has 0 fully saturated rings. The van der Waals surface area contributed by atoms with Gasteiger partial charge in [0, 0.05) is 19.3 Å². The number of nitrogens with zero attached hydrogens (tertiary/aromatic N) is 1.